The van der Waals surface area contributed by atoms with E-state index >= 15 is 0 Å². The van der Waals surface area contributed by atoms with Crippen LogP contribution in [0, 0.1) is 5.82 Å². The van der Waals surface area contributed by atoms with Gasteiger partial charge in [0, 0.05) is 5.69 Å². The van der Waals surface area contributed by atoms with E-state index in [1.165, 1.54) is 35.4 Å². The summed E-state index contributed by atoms with van der Waals surface area (Å²) >= 11 is 0. The van der Waals surface area contributed by atoms with E-state index in [0.29, 0.717) is 11.3 Å². The van der Waals surface area contributed by atoms with Crippen molar-refractivity contribution in [1.29, 1.82) is 0 Å². The molecule has 0 saturated heterocycles. The second kappa shape index (κ2) is 7.15. The lowest BCUT2D eigenvalue weighted by atomic mass is 10.1. The number of fused-ring (bicyclic) bond motifs is 3. The number of urea groups is 1. The smallest absolute Gasteiger partial charge is 0.320 e. The molecule has 28 heavy (non-hydrogen) atoms. The molecule has 6 heteroatoms. The summed E-state index contributed by atoms with van der Waals surface area (Å²) in [5.74, 6) is -1.17. The standard InChI is InChI=1S/C22H18FN3O2/c23-16-7-5-13(6-8-16)20(21(24)27)26-22(28)25-17-9-10-19-15(12-17)11-14-3-1-2-4-18(14)19/h1-10,12,20H,11H2,(H2,24,27)(H2,25,26,28)/t20-/m1/s1. The molecule has 0 fully saturated rings. The molecule has 0 unspecified atom stereocenters. The predicted octanol–water partition coefficient (Wildman–Crippen LogP) is 3.75. The van der Waals surface area contributed by atoms with E-state index in [2.05, 4.69) is 22.8 Å². The number of hydrogen-bond donors (Lipinski definition) is 3. The molecule has 5 nitrogen and oxygen atoms in total. The van der Waals surface area contributed by atoms with Gasteiger partial charge in [0.1, 0.15) is 11.9 Å². The second-order valence-corrected chi connectivity index (χ2v) is 6.69. The Bertz CT molecular complexity index is 1060. The van der Waals surface area contributed by atoms with Gasteiger partial charge in [-0.2, -0.15) is 0 Å². The molecule has 1 aliphatic carbocycles. The van der Waals surface area contributed by atoms with Gasteiger partial charge in [-0.25, -0.2) is 9.18 Å². The minimum Gasteiger partial charge on any atom is -0.368 e. The largest absolute Gasteiger partial charge is 0.368 e. The third-order valence-electron chi connectivity index (χ3n) is 4.81. The van der Waals surface area contributed by atoms with Gasteiger partial charge in [-0.3, -0.25) is 4.79 Å². The Balaban J connectivity index is 1.48. The number of benzene rings is 3. The summed E-state index contributed by atoms with van der Waals surface area (Å²) in [4.78, 5) is 24.1. The molecule has 3 aromatic rings. The van der Waals surface area contributed by atoms with E-state index in [-0.39, 0.29) is 0 Å². The van der Waals surface area contributed by atoms with Crippen molar-refractivity contribution >= 4 is 17.6 Å². The number of carbonyl (C=O) groups excluding carboxylic acids is 2. The fraction of sp³-hybridized carbons (Fsp3) is 0.0909. The fourth-order valence-corrected chi connectivity index (χ4v) is 3.50. The minimum absolute atomic E-state index is 0.411. The average Bonchev–Trinajstić information content (AvgIpc) is 3.04. The molecule has 140 valence electrons. The summed E-state index contributed by atoms with van der Waals surface area (Å²) in [5, 5.41) is 5.27. The van der Waals surface area contributed by atoms with Crippen molar-refractivity contribution in [2.45, 2.75) is 12.5 Å². The molecule has 0 aliphatic heterocycles. The molecule has 1 atom stereocenters. The molecule has 0 spiro atoms. The Hall–Kier alpha value is -3.67. The molecule has 0 saturated carbocycles. The van der Waals surface area contributed by atoms with E-state index in [4.69, 9.17) is 5.73 Å². The van der Waals surface area contributed by atoms with Crippen LogP contribution < -0.4 is 16.4 Å². The van der Waals surface area contributed by atoms with Crippen molar-refractivity contribution in [1.82, 2.24) is 5.32 Å². The molecule has 3 aromatic carbocycles. The molecular formula is C22H18FN3O2. The van der Waals surface area contributed by atoms with Crippen molar-refractivity contribution in [3.63, 3.8) is 0 Å². The zero-order chi connectivity index (χ0) is 19.7. The van der Waals surface area contributed by atoms with Crippen LogP contribution in [0.3, 0.4) is 0 Å². The van der Waals surface area contributed by atoms with Crippen LogP contribution in [-0.2, 0) is 11.2 Å². The lowest BCUT2D eigenvalue weighted by Gasteiger charge is -2.17. The number of hydrogen-bond acceptors (Lipinski definition) is 2. The van der Waals surface area contributed by atoms with E-state index < -0.39 is 23.8 Å². The van der Waals surface area contributed by atoms with Crippen LogP contribution in [0.2, 0.25) is 0 Å². The number of carbonyl (C=O) groups is 2. The molecule has 0 heterocycles. The maximum atomic E-state index is 13.1. The van der Waals surface area contributed by atoms with Gasteiger partial charge >= 0.3 is 6.03 Å². The Morgan fingerprint density at radius 2 is 1.64 bits per heavy atom. The number of amides is 3. The SMILES string of the molecule is NC(=O)[C@H](NC(=O)Nc1ccc2c(c1)Cc1ccccc1-2)c1ccc(F)cc1. The van der Waals surface area contributed by atoms with Gasteiger partial charge in [0.15, 0.2) is 0 Å². The second-order valence-electron chi connectivity index (χ2n) is 6.69. The molecule has 1 aliphatic rings. The molecular weight excluding hydrogens is 357 g/mol. The first-order valence-corrected chi connectivity index (χ1v) is 8.85. The first-order chi connectivity index (χ1) is 13.5. The highest BCUT2D eigenvalue weighted by Gasteiger charge is 2.21. The van der Waals surface area contributed by atoms with E-state index in [1.54, 1.807) is 0 Å². The molecule has 4 N–H and O–H groups in total. The minimum atomic E-state index is -1.06. The molecule has 4 rings (SSSR count). The Labute approximate surface area is 161 Å². The van der Waals surface area contributed by atoms with Crippen molar-refractivity contribution in [2.24, 2.45) is 5.73 Å². The maximum Gasteiger partial charge on any atom is 0.320 e. The van der Waals surface area contributed by atoms with Gasteiger partial charge in [-0.15, -0.1) is 0 Å². The number of rotatable bonds is 4. The van der Waals surface area contributed by atoms with Gasteiger partial charge in [0.25, 0.3) is 0 Å². The topological polar surface area (TPSA) is 84.2 Å². The fourth-order valence-electron chi connectivity index (χ4n) is 3.50. The van der Waals surface area contributed by atoms with E-state index in [9.17, 15) is 14.0 Å². The van der Waals surface area contributed by atoms with Gasteiger partial charge in [0.05, 0.1) is 0 Å². The summed E-state index contributed by atoms with van der Waals surface area (Å²) in [5.41, 5.74) is 11.2. The van der Waals surface area contributed by atoms with Crippen LogP contribution in [0.1, 0.15) is 22.7 Å². The molecule has 0 bridgehead atoms. The van der Waals surface area contributed by atoms with Crippen LogP contribution in [0.5, 0.6) is 0 Å². The number of halogens is 1. The quantitative estimate of drug-likeness (QED) is 0.508. The zero-order valence-electron chi connectivity index (χ0n) is 14.9. The van der Waals surface area contributed by atoms with Gasteiger partial charge in [-0.1, -0.05) is 42.5 Å². The number of primary amides is 1. The van der Waals surface area contributed by atoms with Gasteiger partial charge < -0.3 is 16.4 Å². The highest BCUT2D eigenvalue weighted by molar-refractivity contribution is 5.94. The van der Waals surface area contributed by atoms with Crippen LogP contribution >= 0.6 is 0 Å². The number of nitrogens with two attached hydrogens (primary N) is 1. The van der Waals surface area contributed by atoms with Crippen LogP contribution in [-0.4, -0.2) is 11.9 Å². The molecule has 0 aromatic heterocycles. The summed E-state index contributed by atoms with van der Waals surface area (Å²) in [7, 11) is 0. The summed E-state index contributed by atoms with van der Waals surface area (Å²) in [6.07, 6.45) is 0.808. The zero-order valence-corrected chi connectivity index (χ0v) is 14.9. The Kier molecular flexibility index (Phi) is 4.53. The number of anilines is 1. The maximum absolute atomic E-state index is 13.1. The van der Waals surface area contributed by atoms with Crippen molar-refractivity contribution < 1.29 is 14.0 Å². The molecule has 0 radical (unpaired) electrons. The van der Waals surface area contributed by atoms with Crippen LogP contribution in [0.25, 0.3) is 11.1 Å². The van der Waals surface area contributed by atoms with E-state index in [0.717, 1.165) is 17.5 Å². The highest BCUT2D eigenvalue weighted by atomic mass is 19.1. The van der Waals surface area contributed by atoms with Crippen molar-refractivity contribution in [2.75, 3.05) is 5.32 Å². The summed E-state index contributed by atoms with van der Waals surface area (Å²) in [6.45, 7) is 0. The lowest BCUT2D eigenvalue weighted by molar-refractivity contribution is -0.119. The van der Waals surface area contributed by atoms with Crippen molar-refractivity contribution in [3.05, 3.63) is 89.2 Å². The van der Waals surface area contributed by atoms with Crippen LogP contribution in [0.15, 0.2) is 66.7 Å². The van der Waals surface area contributed by atoms with Crippen molar-refractivity contribution in [3.8, 4) is 11.1 Å². The van der Waals surface area contributed by atoms with Gasteiger partial charge in [0.2, 0.25) is 5.91 Å². The number of nitrogens with one attached hydrogen (secondary N) is 2. The third-order valence-corrected chi connectivity index (χ3v) is 4.81. The first-order valence-electron chi connectivity index (χ1n) is 8.85. The Morgan fingerprint density at radius 1 is 0.929 bits per heavy atom. The van der Waals surface area contributed by atoms with E-state index in [1.807, 2.05) is 30.3 Å². The average molecular weight is 375 g/mol. The predicted molar refractivity (Wildman–Crippen MR) is 105 cm³/mol. The summed E-state index contributed by atoms with van der Waals surface area (Å²) < 4.78 is 13.1. The van der Waals surface area contributed by atoms with Gasteiger partial charge in [-0.05, 0) is 58.5 Å². The first kappa shape index (κ1) is 17.7. The molecule has 3 amide bonds. The Morgan fingerprint density at radius 3 is 2.39 bits per heavy atom. The summed E-state index contributed by atoms with van der Waals surface area (Å²) in [6, 6.07) is 17.5. The normalized spacial score (nSPS) is 12.6. The highest BCUT2D eigenvalue weighted by Crippen LogP contribution is 2.37. The lowest BCUT2D eigenvalue weighted by Crippen LogP contribution is -2.39. The monoisotopic (exact) mass is 375 g/mol. The van der Waals surface area contributed by atoms with Crippen LogP contribution in [0.4, 0.5) is 14.9 Å². The third kappa shape index (κ3) is 3.44.